The Morgan fingerprint density at radius 3 is 1.21 bits per heavy atom. The molecule has 0 atom stereocenters. The van der Waals surface area contributed by atoms with Crippen molar-refractivity contribution in [2.24, 2.45) is 0 Å². The molecule has 9 nitrogen and oxygen atoms in total. The molecule has 0 aromatic rings. The second kappa shape index (κ2) is 7.95. The van der Waals surface area contributed by atoms with Crippen LogP contribution in [0.3, 0.4) is 0 Å². The van der Waals surface area contributed by atoms with Gasteiger partial charge in [-0.25, -0.2) is 9.13 Å². The minimum absolute atomic E-state index is 0. The summed E-state index contributed by atoms with van der Waals surface area (Å²) in [6.07, 6.45) is 0. The maximum absolute atomic E-state index is 9.63. The van der Waals surface area contributed by atoms with Gasteiger partial charge >= 0.3 is 51.2 Å². The Hall–Kier alpha value is 0.730. The molecule has 0 aliphatic rings. The molecule has 0 saturated carbocycles. The summed E-state index contributed by atoms with van der Waals surface area (Å²) in [6, 6.07) is 0. The molecule has 0 fully saturated rings. The van der Waals surface area contributed by atoms with Crippen LogP contribution in [-0.2, 0) is 18.2 Å². The van der Waals surface area contributed by atoms with E-state index in [1.807, 2.05) is 0 Å². The molecule has 0 saturated heterocycles. The van der Waals surface area contributed by atoms with Gasteiger partial charge < -0.3 is 24.7 Å². The van der Waals surface area contributed by atoms with Crippen LogP contribution in [0.5, 0.6) is 0 Å². The number of phosphoric acid groups is 2. The van der Waals surface area contributed by atoms with Crippen molar-refractivity contribution < 1.29 is 42.9 Å². The van der Waals surface area contributed by atoms with E-state index in [9.17, 15) is 9.13 Å². The zero-order chi connectivity index (χ0) is 11.3. The van der Waals surface area contributed by atoms with Crippen molar-refractivity contribution >= 4 is 51.2 Å². The zero-order valence-electron chi connectivity index (χ0n) is 5.97. The predicted octanol–water partition coefficient (Wildman–Crippen LogP) is -1.56. The summed E-state index contributed by atoms with van der Waals surface area (Å²) in [4.78, 5) is 39.9. The Balaban J connectivity index is -0.000000209. The van der Waals surface area contributed by atoms with Gasteiger partial charge in [0.05, 0.1) is 6.92 Å². The van der Waals surface area contributed by atoms with Gasteiger partial charge in [0, 0.05) is 0 Å². The maximum atomic E-state index is 9.63. The molecule has 0 aromatic carbocycles. The van der Waals surface area contributed by atoms with Gasteiger partial charge in [-0.3, -0.25) is 4.79 Å². The Morgan fingerprint density at radius 1 is 1.07 bits per heavy atom. The summed E-state index contributed by atoms with van der Waals surface area (Å²) in [5.74, 6) is -1.08. The summed E-state index contributed by atoms with van der Waals surface area (Å²) >= 11 is 0. The molecule has 12 heteroatoms. The van der Waals surface area contributed by atoms with E-state index >= 15 is 0 Å². The van der Waals surface area contributed by atoms with Crippen molar-refractivity contribution in [1.82, 2.24) is 0 Å². The second-order valence-corrected chi connectivity index (χ2v) is 4.07. The average molecular weight is 261 g/mol. The molecule has 14 heavy (non-hydrogen) atoms. The van der Waals surface area contributed by atoms with Crippen LogP contribution in [0.4, 0.5) is 0 Å². The quantitative estimate of drug-likeness (QED) is 0.292. The van der Waals surface area contributed by atoms with Gasteiger partial charge in [0.25, 0.3) is 0 Å². The van der Waals surface area contributed by atoms with Crippen LogP contribution in [0.25, 0.3) is 0 Å². The van der Waals surface area contributed by atoms with E-state index in [0.717, 1.165) is 0 Å². The average Bonchev–Trinajstić information content (AvgIpc) is 1.47. The Labute approximate surface area is 101 Å². The standard InChI is InChI=1S/C2H3O2.Na.H4O7P2.H/c1-2(3)4;;1-8(2,3)7-9(4,5)6;/h1H2,(H,3,4);;(H2,1,2,3)(H2,4,5,6);. The number of carboxylic acid groups (broad SMARTS) is 1. The first kappa shape index (κ1) is 20.2. The molecule has 0 amide bonds. The number of hydrogen-bond donors (Lipinski definition) is 5. The van der Waals surface area contributed by atoms with Crippen LogP contribution in [0.15, 0.2) is 0 Å². The molecule has 5 N–H and O–H groups in total. The number of carboxylic acids is 1. The molecule has 0 heterocycles. The molecule has 0 aromatic heterocycles. The van der Waals surface area contributed by atoms with E-state index in [0.29, 0.717) is 0 Å². The zero-order valence-corrected chi connectivity index (χ0v) is 7.76. The summed E-state index contributed by atoms with van der Waals surface area (Å²) in [7, 11) is -10.1. The third-order valence-corrected chi connectivity index (χ3v) is 1.91. The van der Waals surface area contributed by atoms with Crippen molar-refractivity contribution in [3.8, 4) is 0 Å². The van der Waals surface area contributed by atoms with Gasteiger partial charge in [0.1, 0.15) is 0 Å². The van der Waals surface area contributed by atoms with Gasteiger partial charge in [0.15, 0.2) is 0 Å². The molecule has 0 rings (SSSR count). The van der Waals surface area contributed by atoms with Crippen molar-refractivity contribution in [3.05, 3.63) is 6.92 Å². The normalized spacial score (nSPS) is 10.6. The van der Waals surface area contributed by atoms with E-state index in [1.54, 1.807) is 0 Å². The molecule has 1 radical (unpaired) electrons. The minimum atomic E-state index is -5.05. The molecule has 0 spiro atoms. The Bertz CT molecular complexity index is 226. The second-order valence-electron chi connectivity index (χ2n) is 1.46. The van der Waals surface area contributed by atoms with Crippen LogP contribution in [0.2, 0.25) is 0 Å². The third kappa shape index (κ3) is 38.7. The van der Waals surface area contributed by atoms with Gasteiger partial charge in [-0.1, -0.05) is 0 Å². The van der Waals surface area contributed by atoms with E-state index in [2.05, 4.69) is 11.2 Å². The van der Waals surface area contributed by atoms with Crippen LogP contribution in [0.1, 0.15) is 0 Å². The summed E-state index contributed by atoms with van der Waals surface area (Å²) < 4.78 is 22.2. The van der Waals surface area contributed by atoms with E-state index in [-0.39, 0.29) is 29.6 Å². The molecule has 0 aliphatic carbocycles. The molecule has 0 aliphatic heterocycles. The van der Waals surface area contributed by atoms with Gasteiger partial charge in [-0.05, 0) is 0 Å². The first-order valence-electron chi connectivity index (χ1n) is 2.31. The molecular formula is C2H8NaO9P2. The molecule has 0 bridgehead atoms. The van der Waals surface area contributed by atoms with Gasteiger partial charge in [-0.15, -0.1) is 0 Å². The van der Waals surface area contributed by atoms with Gasteiger partial charge in [0.2, 0.25) is 0 Å². The number of aliphatic carboxylic acids is 1. The molecule has 81 valence electrons. The fourth-order valence-electron chi connectivity index (χ4n) is 0.139. The Morgan fingerprint density at radius 2 is 1.21 bits per heavy atom. The van der Waals surface area contributed by atoms with Crippen molar-refractivity contribution in [3.63, 3.8) is 0 Å². The van der Waals surface area contributed by atoms with E-state index < -0.39 is 21.6 Å². The summed E-state index contributed by atoms with van der Waals surface area (Å²) in [5, 5.41) is 7.31. The van der Waals surface area contributed by atoms with Crippen molar-refractivity contribution in [1.29, 1.82) is 0 Å². The summed E-state index contributed by atoms with van der Waals surface area (Å²) in [5.41, 5.74) is 0. The summed E-state index contributed by atoms with van der Waals surface area (Å²) in [6.45, 7) is 2.56. The fourth-order valence-corrected chi connectivity index (χ4v) is 1.25. The molecular weight excluding hydrogens is 253 g/mol. The van der Waals surface area contributed by atoms with Crippen LogP contribution in [0, 0.1) is 6.92 Å². The topological polar surface area (TPSA) is 162 Å². The molecule has 0 unspecified atom stereocenters. The van der Waals surface area contributed by atoms with Crippen LogP contribution >= 0.6 is 15.6 Å². The number of hydrogen-bond acceptors (Lipinski definition) is 4. The third-order valence-electron chi connectivity index (χ3n) is 0.213. The number of rotatable bonds is 2. The van der Waals surface area contributed by atoms with Crippen LogP contribution in [-0.4, -0.2) is 60.2 Å². The Kier molecular flexibility index (Phi) is 11.5. The predicted molar refractivity (Wildman–Crippen MR) is 45.3 cm³/mol. The van der Waals surface area contributed by atoms with Crippen LogP contribution < -0.4 is 0 Å². The first-order valence-corrected chi connectivity index (χ1v) is 5.37. The fraction of sp³-hybridized carbons (Fsp3) is 0. The van der Waals surface area contributed by atoms with E-state index in [1.165, 1.54) is 0 Å². The number of carbonyl (C=O) groups is 1. The SMILES string of the molecule is O=P(O)(O)OP(=O)(O)O.[CH2]C(=O)O.[NaH]. The van der Waals surface area contributed by atoms with Crippen molar-refractivity contribution in [2.75, 3.05) is 0 Å². The monoisotopic (exact) mass is 261 g/mol. The van der Waals surface area contributed by atoms with Gasteiger partial charge in [-0.2, -0.15) is 4.31 Å². The first-order chi connectivity index (χ1) is 5.44. The van der Waals surface area contributed by atoms with Crippen molar-refractivity contribution in [2.45, 2.75) is 0 Å². The van der Waals surface area contributed by atoms with E-state index in [4.69, 9.17) is 29.5 Å².